The third-order valence-corrected chi connectivity index (χ3v) is 2.73. The Balaban J connectivity index is 2.29. The Morgan fingerprint density at radius 1 is 1.42 bits per heavy atom. The summed E-state index contributed by atoms with van der Waals surface area (Å²) >= 11 is 4.88. The number of thiocarbonyl (C=S) groups is 1. The lowest BCUT2D eigenvalue weighted by molar-refractivity contribution is 0.215. The number of hydrogen-bond acceptors (Lipinski definition) is 2. The molecule has 0 aliphatic heterocycles. The van der Waals surface area contributed by atoms with E-state index in [2.05, 4.69) is 11.9 Å². The highest BCUT2D eigenvalue weighted by Gasteiger charge is 2.17. The van der Waals surface area contributed by atoms with Crippen LogP contribution in [0.2, 0.25) is 0 Å². The van der Waals surface area contributed by atoms with Gasteiger partial charge in [-0.15, -0.1) is 0 Å². The summed E-state index contributed by atoms with van der Waals surface area (Å²) in [5, 5.41) is 0. The van der Waals surface area contributed by atoms with Crippen LogP contribution in [-0.2, 0) is 0 Å². The number of hydrogen-bond donors (Lipinski definition) is 1. The van der Waals surface area contributed by atoms with Crippen molar-refractivity contribution in [3.05, 3.63) is 0 Å². The van der Waals surface area contributed by atoms with Crippen molar-refractivity contribution >= 4 is 17.2 Å². The van der Waals surface area contributed by atoms with Crippen molar-refractivity contribution in [3.8, 4) is 0 Å². The summed E-state index contributed by atoms with van der Waals surface area (Å²) in [5.74, 6) is 0. The first kappa shape index (κ1) is 9.93. The van der Waals surface area contributed by atoms with E-state index in [4.69, 9.17) is 18.0 Å². The van der Waals surface area contributed by atoms with Gasteiger partial charge in [0.2, 0.25) is 0 Å². The topological polar surface area (TPSA) is 29.3 Å². The zero-order valence-electron chi connectivity index (χ0n) is 7.75. The molecule has 0 amide bonds. The summed E-state index contributed by atoms with van der Waals surface area (Å²) in [4.78, 5) is 2.91. The third-order valence-electron chi connectivity index (χ3n) is 2.60. The molecule has 1 fully saturated rings. The molecule has 0 aromatic carbocycles. The molecule has 12 heavy (non-hydrogen) atoms. The minimum Gasteiger partial charge on any atom is -0.392 e. The van der Waals surface area contributed by atoms with Gasteiger partial charge in [-0.2, -0.15) is 0 Å². The molecule has 0 aromatic heterocycles. The standard InChI is InChI=1S/C9H18N2S/c1-11(7-9(10)12)8-5-3-2-4-6-8/h8H,2-7H2,1H3,(H2,10,12). The third kappa shape index (κ3) is 3.07. The van der Waals surface area contributed by atoms with Gasteiger partial charge in [-0.25, -0.2) is 0 Å². The number of likely N-dealkylation sites (N-methyl/N-ethyl adjacent to an activating group) is 1. The number of nitrogens with zero attached hydrogens (tertiary/aromatic N) is 1. The second kappa shape index (κ2) is 4.77. The van der Waals surface area contributed by atoms with Crippen molar-refractivity contribution in [2.45, 2.75) is 38.1 Å². The van der Waals surface area contributed by atoms with Gasteiger partial charge in [-0.05, 0) is 19.9 Å². The molecular formula is C9H18N2S. The van der Waals surface area contributed by atoms with Crippen LogP contribution in [0.1, 0.15) is 32.1 Å². The SMILES string of the molecule is CN(CC(N)=S)C1CCCCC1. The largest absolute Gasteiger partial charge is 0.392 e. The van der Waals surface area contributed by atoms with Gasteiger partial charge in [-0.3, -0.25) is 4.90 Å². The van der Waals surface area contributed by atoms with Crippen molar-refractivity contribution < 1.29 is 0 Å². The van der Waals surface area contributed by atoms with Crippen molar-refractivity contribution in [1.29, 1.82) is 0 Å². The van der Waals surface area contributed by atoms with Crippen LogP contribution in [0.3, 0.4) is 0 Å². The molecule has 1 saturated carbocycles. The molecule has 0 unspecified atom stereocenters. The van der Waals surface area contributed by atoms with Gasteiger partial charge in [0.05, 0.1) is 4.99 Å². The van der Waals surface area contributed by atoms with Gasteiger partial charge < -0.3 is 5.73 Å². The number of rotatable bonds is 3. The van der Waals surface area contributed by atoms with E-state index < -0.39 is 0 Å². The van der Waals surface area contributed by atoms with Gasteiger partial charge >= 0.3 is 0 Å². The maximum absolute atomic E-state index is 5.49. The fourth-order valence-electron chi connectivity index (χ4n) is 1.90. The van der Waals surface area contributed by atoms with Crippen LogP contribution in [0, 0.1) is 0 Å². The monoisotopic (exact) mass is 186 g/mol. The molecule has 2 N–H and O–H groups in total. The van der Waals surface area contributed by atoms with Gasteiger partial charge in [0.15, 0.2) is 0 Å². The summed E-state index contributed by atoms with van der Waals surface area (Å²) in [6.45, 7) is 0.778. The zero-order valence-corrected chi connectivity index (χ0v) is 8.57. The van der Waals surface area contributed by atoms with E-state index in [1.54, 1.807) is 0 Å². The Hall–Kier alpha value is -0.150. The second-order valence-corrected chi connectivity index (χ2v) is 4.20. The normalized spacial score (nSPS) is 19.8. The fourth-order valence-corrected chi connectivity index (χ4v) is 2.10. The molecule has 0 bridgehead atoms. The lowest BCUT2D eigenvalue weighted by Gasteiger charge is -2.30. The van der Waals surface area contributed by atoms with Crippen LogP contribution in [0.25, 0.3) is 0 Å². The second-order valence-electron chi connectivity index (χ2n) is 3.67. The molecule has 0 spiro atoms. The molecule has 0 aromatic rings. The van der Waals surface area contributed by atoms with E-state index in [1.807, 2.05) is 0 Å². The Morgan fingerprint density at radius 2 is 2.00 bits per heavy atom. The smallest absolute Gasteiger partial charge is 0.0870 e. The molecule has 1 rings (SSSR count). The fraction of sp³-hybridized carbons (Fsp3) is 0.889. The molecule has 70 valence electrons. The zero-order chi connectivity index (χ0) is 8.97. The van der Waals surface area contributed by atoms with Crippen molar-refractivity contribution in [2.75, 3.05) is 13.6 Å². The van der Waals surface area contributed by atoms with Crippen LogP contribution < -0.4 is 5.73 Å². The number of nitrogens with two attached hydrogens (primary N) is 1. The molecule has 0 saturated heterocycles. The molecule has 2 nitrogen and oxygen atoms in total. The Morgan fingerprint density at radius 3 is 2.50 bits per heavy atom. The quantitative estimate of drug-likeness (QED) is 0.678. The highest BCUT2D eigenvalue weighted by atomic mass is 32.1. The van der Waals surface area contributed by atoms with Crippen molar-refractivity contribution in [2.24, 2.45) is 5.73 Å². The van der Waals surface area contributed by atoms with Gasteiger partial charge in [-0.1, -0.05) is 31.5 Å². The lowest BCUT2D eigenvalue weighted by Crippen LogP contribution is -2.38. The summed E-state index contributed by atoms with van der Waals surface area (Å²) in [7, 11) is 2.12. The van der Waals surface area contributed by atoms with E-state index in [0.717, 1.165) is 12.6 Å². The van der Waals surface area contributed by atoms with Crippen LogP contribution in [0.15, 0.2) is 0 Å². The molecule has 1 aliphatic rings. The summed E-state index contributed by atoms with van der Waals surface area (Å²) in [6.07, 6.45) is 6.77. The van der Waals surface area contributed by atoms with E-state index in [-0.39, 0.29) is 0 Å². The molecule has 1 aliphatic carbocycles. The van der Waals surface area contributed by atoms with Gasteiger partial charge in [0, 0.05) is 12.6 Å². The Kier molecular flexibility index (Phi) is 3.95. The summed E-state index contributed by atoms with van der Waals surface area (Å²) in [5.41, 5.74) is 5.49. The Labute approximate surface area is 80.1 Å². The van der Waals surface area contributed by atoms with Crippen LogP contribution in [0.5, 0.6) is 0 Å². The highest BCUT2D eigenvalue weighted by molar-refractivity contribution is 7.80. The predicted octanol–water partition coefficient (Wildman–Crippen LogP) is 1.54. The summed E-state index contributed by atoms with van der Waals surface area (Å²) in [6, 6.07) is 0.722. The maximum atomic E-state index is 5.49. The average molecular weight is 186 g/mol. The molecule has 0 atom stereocenters. The molecule has 0 heterocycles. The molecule has 3 heteroatoms. The van der Waals surface area contributed by atoms with Crippen molar-refractivity contribution in [1.82, 2.24) is 4.90 Å². The van der Waals surface area contributed by atoms with Crippen LogP contribution in [-0.4, -0.2) is 29.5 Å². The van der Waals surface area contributed by atoms with Crippen molar-refractivity contribution in [3.63, 3.8) is 0 Å². The van der Waals surface area contributed by atoms with E-state index in [9.17, 15) is 0 Å². The highest BCUT2D eigenvalue weighted by Crippen LogP contribution is 2.21. The van der Waals surface area contributed by atoms with Gasteiger partial charge in [0.1, 0.15) is 0 Å². The minimum atomic E-state index is 0.614. The maximum Gasteiger partial charge on any atom is 0.0870 e. The molecule has 0 radical (unpaired) electrons. The summed E-state index contributed by atoms with van der Waals surface area (Å²) < 4.78 is 0. The van der Waals surface area contributed by atoms with Gasteiger partial charge in [0.25, 0.3) is 0 Å². The minimum absolute atomic E-state index is 0.614. The van der Waals surface area contributed by atoms with Crippen LogP contribution in [0.4, 0.5) is 0 Å². The van der Waals surface area contributed by atoms with Crippen LogP contribution >= 0.6 is 12.2 Å². The van der Waals surface area contributed by atoms with E-state index >= 15 is 0 Å². The van der Waals surface area contributed by atoms with E-state index in [0.29, 0.717) is 4.99 Å². The molecular weight excluding hydrogens is 168 g/mol. The average Bonchev–Trinajstić information content (AvgIpc) is 2.05. The first-order valence-electron chi connectivity index (χ1n) is 4.68. The first-order valence-corrected chi connectivity index (χ1v) is 5.09. The lowest BCUT2D eigenvalue weighted by atomic mass is 9.94. The first-order chi connectivity index (χ1) is 5.70. The predicted molar refractivity (Wildman–Crippen MR) is 56.3 cm³/mol. The Bertz CT molecular complexity index is 153. The van der Waals surface area contributed by atoms with E-state index in [1.165, 1.54) is 32.1 Å².